The maximum Gasteiger partial charge on any atom is 0.332 e. The first-order valence-corrected chi connectivity index (χ1v) is 14.8. The van der Waals surface area contributed by atoms with E-state index in [9.17, 15) is 9.59 Å². The van der Waals surface area contributed by atoms with Gasteiger partial charge in [0.15, 0.2) is 5.76 Å². The van der Waals surface area contributed by atoms with E-state index in [0.29, 0.717) is 22.6 Å². The number of carbonyl (C=O) groups excluding carboxylic acids is 2. The van der Waals surface area contributed by atoms with E-state index in [0.717, 1.165) is 43.9 Å². The van der Waals surface area contributed by atoms with Crippen molar-refractivity contribution in [2.24, 2.45) is 5.16 Å². The molecule has 0 aliphatic heterocycles. The van der Waals surface area contributed by atoms with Gasteiger partial charge in [-0.15, -0.1) is 11.8 Å². The Morgan fingerprint density at radius 1 is 0.698 bits per heavy atom. The number of fused-ring (bicyclic) bond motifs is 1. The highest BCUT2D eigenvalue weighted by molar-refractivity contribution is 7.98. The molecule has 0 atom stereocenters. The van der Waals surface area contributed by atoms with Crippen LogP contribution in [0.5, 0.6) is 0 Å². The third kappa shape index (κ3) is 6.35. The summed E-state index contributed by atoms with van der Waals surface area (Å²) in [7, 11) is 0. The summed E-state index contributed by atoms with van der Waals surface area (Å²) in [5, 5.41) is 5.01. The maximum absolute atomic E-state index is 13.6. The summed E-state index contributed by atoms with van der Waals surface area (Å²) < 4.78 is 6.10. The molecule has 0 aliphatic carbocycles. The Kier molecular flexibility index (Phi) is 8.29. The number of thioether (sulfide) groups is 1. The van der Waals surface area contributed by atoms with E-state index >= 15 is 0 Å². The van der Waals surface area contributed by atoms with Gasteiger partial charge >= 0.3 is 5.97 Å². The molecule has 210 valence electrons. The molecule has 0 radical (unpaired) electrons. The molecule has 0 saturated heterocycles. The first-order chi connectivity index (χ1) is 21.1. The summed E-state index contributed by atoms with van der Waals surface area (Å²) in [6.45, 7) is 1.33. The van der Waals surface area contributed by atoms with Gasteiger partial charge in [-0.2, -0.15) is 0 Å². The van der Waals surface area contributed by atoms with Crippen molar-refractivity contribution in [2.75, 3.05) is 0 Å². The highest BCUT2D eigenvalue weighted by Gasteiger charge is 2.23. The number of hydrogen-bond acceptors (Lipinski definition) is 6. The minimum absolute atomic E-state index is 0.146. The summed E-state index contributed by atoms with van der Waals surface area (Å²) in [4.78, 5) is 31.0. The quantitative estimate of drug-likeness (QED) is 0.0561. The van der Waals surface area contributed by atoms with Gasteiger partial charge < -0.3 is 9.25 Å². The van der Waals surface area contributed by atoms with Crippen LogP contribution in [0.4, 0.5) is 0 Å². The molecule has 0 saturated carbocycles. The molecule has 6 rings (SSSR count). The number of ketones is 1. The summed E-state index contributed by atoms with van der Waals surface area (Å²) in [5.74, 6) is 0.479. The van der Waals surface area contributed by atoms with Crippen LogP contribution in [0.3, 0.4) is 0 Å². The second-order valence-corrected chi connectivity index (χ2v) is 10.9. The molecule has 5 aromatic carbocycles. The number of para-hydroxylation sites is 1. The molecule has 6 aromatic rings. The third-order valence-corrected chi connectivity index (χ3v) is 8.01. The van der Waals surface area contributed by atoms with Crippen LogP contribution in [0, 0.1) is 0 Å². The van der Waals surface area contributed by atoms with Gasteiger partial charge in [-0.1, -0.05) is 108 Å². The fourth-order valence-corrected chi connectivity index (χ4v) is 5.69. The van der Waals surface area contributed by atoms with Gasteiger partial charge in [0, 0.05) is 45.2 Å². The lowest BCUT2D eigenvalue weighted by Gasteiger charge is -2.08. The van der Waals surface area contributed by atoms with Crippen LogP contribution in [0.25, 0.3) is 22.1 Å². The van der Waals surface area contributed by atoms with Crippen molar-refractivity contribution in [1.29, 1.82) is 0 Å². The molecule has 6 heteroatoms. The largest absolute Gasteiger partial charge is 0.452 e. The minimum Gasteiger partial charge on any atom is -0.452 e. The molecule has 0 spiro atoms. The van der Waals surface area contributed by atoms with Crippen LogP contribution in [0.15, 0.2) is 148 Å². The number of hydrogen-bond donors (Lipinski definition) is 0. The fraction of sp³-hybridized carbons (Fsp3) is 0.0541. The Bertz CT molecular complexity index is 1910. The lowest BCUT2D eigenvalue weighted by Crippen LogP contribution is -2.06. The summed E-state index contributed by atoms with van der Waals surface area (Å²) >= 11 is 1.68. The Labute approximate surface area is 253 Å². The molecular weight excluding hydrogens is 554 g/mol. The monoisotopic (exact) mass is 581 g/mol. The summed E-state index contributed by atoms with van der Waals surface area (Å²) in [5.41, 5.74) is 6.46. The van der Waals surface area contributed by atoms with Gasteiger partial charge in [0.2, 0.25) is 5.78 Å². The van der Waals surface area contributed by atoms with Crippen molar-refractivity contribution in [3.05, 3.63) is 161 Å². The average molecular weight is 582 g/mol. The van der Waals surface area contributed by atoms with E-state index < -0.39 is 5.97 Å². The standard InChI is InChI=1S/C37H27NO4S/c1-25(39)42-38-35(28-12-6-3-7-13-28)29-18-16-26(17-19-29)24-43-31-22-20-30(21-23-31)36(40)37-34(27-10-4-2-5-11-27)32-14-8-9-15-33(32)41-37/h2-23H,24H2,1H3/b38-35+. The smallest absolute Gasteiger partial charge is 0.332 e. The zero-order valence-electron chi connectivity index (χ0n) is 23.4. The second kappa shape index (κ2) is 12.8. The molecule has 1 heterocycles. The van der Waals surface area contributed by atoms with Gasteiger partial charge in [-0.25, -0.2) is 4.79 Å². The van der Waals surface area contributed by atoms with E-state index in [1.54, 1.807) is 11.8 Å². The zero-order valence-corrected chi connectivity index (χ0v) is 24.2. The van der Waals surface area contributed by atoms with E-state index in [-0.39, 0.29) is 5.78 Å². The van der Waals surface area contributed by atoms with E-state index in [1.807, 2.05) is 133 Å². The predicted molar refractivity (Wildman–Crippen MR) is 171 cm³/mol. The van der Waals surface area contributed by atoms with Crippen molar-refractivity contribution in [3.63, 3.8) is 0 Å². The SMILES string of the molecule is CC(=O)O/N=C(\c1ccccc1)c1ccc(CSc2ccc(C(=O)c3oc4ccccc4c3-c3ccccc3)cc2)cc1. The maximum atomic E-state index is 13.6. The normalized spacial score (nSPS) is 11.4. The van der Waals surface area contributed by atoms with E-state index in [1.165, 1.54) is 6.92 Å². The molecule has 1 aromatic heterocycles. The Hall–Kier alpha value is -5.20. The molecule has 43 heavy (non-hydrogen) atoms. The first-order valence-electron chi connectivity index (χ1n) is 13.8. The molecule has 0 fully saturated rings. The van der Waals surface area contributed by atoms with Crippen molar-refractivity contribution >= 4 is 40.2 Å². The number of carbonyl (C=O) groups is 2. The summed E-state index contributed by atoms with van der Waals surface area (Å²) in [6, 6.07) is 42.9. The number of benzene rings is 5. The van der Waals surface area contributed by atoms with Gasteiger partial charge in [-0.3, -0.25) is 4.79 Å². The minimum atomic E-state index is -0.469. The second-order valence-electron chi connectivity index (χ2n) is 9.90. The Morgan fingerprint density at radius 2 is 1.30 bits per heavy atom. The number of nitrogens with zero attached hydrogens (tertiary/aromatic N) is 1. The van der Waals surface area contributed by atoms with Gasteiger partial charge in [0.25, 0.3) is 0 Å². The molecule has 5 nitrogen and oxygen atoms in total. The number of furan rings is 1. The highest BCUT2D eigenvalue weighted by Crippen LogP contribution is 2.36. The van der Waals surface area contributed by atoms with Crippen LogP contribution in [-0.2, 0) is 15.4 Å². The molecule has 0 aliphatic rings. The molecular formula is C37H27NO4S. The van der Waals surface area contributed by atoms with E-state index in [4.69, 9.17) is 9.25 Å². The van der Waals surface area contributed by atoms with Crippen LogP contribution < -0.4 is 0 Å². The van der Waals surface area contributed by atoms with Crippen molar-refractivity contribution in [1.82, 2.24) is 0 Å². The van der Waals surface area contributed by atoms with Crippen LogP contribution >= 0.6 is 11.8 Å². The van der Waals surface area contributed by atoms with E-state index in [2.05, 4.69) is 5.16 Å². The topological polar surface area (TPSA) is 68.9 Å². The highest BCUT2D eigenvalue weighted by atomic mass is 32.2. The molecule has 0 N–H and O–H groups in total. The van der Waals surface area contributed by atoms with Crippen molar-refractivity contribution in [2.45, 2.75) is 17.6 Å². The van der Waals surface area contributed by atoms with Crippen LogP contribution in [-0.4, -0.2) is 17.5 Å². The number of rotatable bonds is 9. The Balaban J connectivity index is 1.17. The molecule has 0 unspecified atom stereocenters. The molecule has 0 amide bonds. The van der Waals surface area contributed by atoms with Gasteiger partial charge in [-0.05, 0) is 41.5 Å². The van der Waals surface area contributed by atoms with Crippen molar-refractivity contribution < 1.29 is 18.8 Å². The van der Waals surface area contributed by atoms with Gasteiger partial charge in [0.1, 0.15) is 11.3 Å². The first kappa shape index (κ1) is 27.9. The number of oxime groups is 1. The fourth-order valence-electron chi connectivity index (χ4n) is 4.83. The lowest BCUT2D eigenvalue weighted by molar-refractivity contribution is -0.140. The Morgan fingerprint density at radius 3 is 2.00 bits per heavy atom. The van der Waals surface area contributed by atoms with Crippen LogP contribution in [0.2, 0.25) is 0 Å². The predicted octanol–water partition coefficient (Wildman–Crippen LogP) is 8.94. The van der Waals surface area contributed by atoms with Gasteiger partial charge in [0.05, 0.1) is 0 Å². The third-order valence-electron chi connectivity index (χ3n) is 6.93. The van der Waals surface area contributed by atoms with Crippen LogP contribution in [0.1, 0.15) is 39.7 Å². The van der Waals surface area contributed by atoms with Crippen molar-refractivity contribution in [3.8, 4) is 11.1 Å². The summed E-state index contributed by atoms with van der Waals surface area (Å²) in [6.07, 6.45) is 0. The average Bonchev–Trinajstić information content (AvgIpc) is 3.45. The lowest BCUT2D eigenvalue weighted by atomic mass is 9.98. The zero-order chi connectivity index (χ0) is 29.6. The molecule has 0 bridgehead atoms.